The summed E-state index contributed by atoms with van der Waals surface area (Å²) in [6, 6.07) is 0.447. The van der Waals surface area contributed by atoms with Crippen LogP contribution in [0, 0.1) is 0 Å². The average Bonchev–Trinajstić information content (AvgIpc) is 2.39. The fourth-order valence-corrected chi connectivity index (χ4v) is 2.35. The smallest absolute Gasteiger partial charge is 0.293 e. The Bertz CT molecular complexity index is 437. The molecule has 0 aromatic carbocycles. The molecule has 0 atom stereocenters. The third kappa shape index (κ3) is 3.56. The minimum atomic E-state index is -0.0298. The maximum Gasteiger partial charge on any atom is 0.293 e. The van der Waals surface area contributed by atoms with Crippen LogP contribution in [0.5, 0.6) is 0 Å². The van der Waals surface area contributed by atoms with Crippen LogP contribution < -0.4 is 16.2 Å². The normalized spacial score (nSPS) is 11.3. The minimum absolute atomic E-state index is 0.0298. The Hall–Kier alpha value is -1.36. The molecular formula is C14H26N4O. The van der Waals surface area contributed by atoms with E-state index in [1.807, 2.05) is 13.8 Å². The zero-order valence-electron chi connectivity index (χ0n) is 12.5. The average molecular weight is 266 g/mol. The van der Waals surface area contributed by atoms with Crippen LogP contribution in [0.15, 0.2) is 17.2 Å². The van der Waals surface area contributed by atoms with E-state index in [0.717, 1.165) is 12.8 Å². The van der Waals surface area contributed by atoms with E-state index >= 15 is 0 Å². The van der Waals surface area contributed by atoms with Gasteiger partial charge in [-0.2, -0.15) is 0 Å². The molecule has 108 valence electrons. The maximum atomic E-state index is 12.5. The predicted octanol–water partition coefficient (Wildman–Crippen LogP) is 1.78. The lowest BCUT2D eigenvalue weighted by Gasteiger charge is -2.31. The van der Waals surface area contributed by atoms with Gasteiger partial charge < -0.3 is 15.2 Å². The molecule has 0 unspecified atom stereocenters. The number of anilines is 1. The van der Waals surface area contributed by atoms with Gasteiger partial charge in [-0.05, 0) is 26.7 Å². The molecule has 1 heterocycles. The van der Waals surface area contributed by atoms with E-state index < -0.39 is 0 Å². The number of aromatic nitrogens is 2. The first kappa shape index (κ1) is 15.7. The molecule has 5 nitrogen and oxygen atoms in total. The zero-order chi connectivity index (χ0) is 14.4. The molecule has 0 amide bonds. The number of rotatable bonds is 7. The van der Waals surface area contributed by atoms with Crippen LogP contribution in [0.4, 0.5) is 5.82 Å². The summed E-state index contributed by atoms with van der Waals surface area (Å²) >= 11 is 0. The predicted molar refractivity (Wildman–Crippen MR) is 79.7 cm³/mol. The van der Waals surface area contributed by atoms with Gasteiger partial charge in [0.25, 0.3) is 5.56 Å². The highest BCUT2D eigenvalue weighted by Gasteiger charge is 2.20. The summed E-state index contributed by atoms with van der Waals surface area (Å²) in [7, 11) is 0. The van der Waals surface area contributed by atoms with Gasteiger partial charge in [-0.15, -0.1) is 0 Å². The fourth-order valence-electron chi connectivity index (χ4n) is 2.35. The maximum absolute atomic E-state index is 12.5. The van der Waals surface area contributed by atoms with Crippen molar-refractivity contribution in [2.75, 3.05) is 18.0 Å². The molecule has 0 radical (unpaired) electrons. The first-order valence-electron chi connectivity index (χ1n) is 7.10. The molecule has 0 spiro atoms. The third-order valence-corrected chi connectivity index (χ3v) is 3.43. The van der Waals surface area contributed by atoms with Crippen LogP contribution in [0.25, 0.3) is 0 Å². The Morgan fingerprint density at radius 1 is 1.37 bits per heavy atom. The number of hydrogen-bond acceptors (Lipinski definition) is 4. The zero-order valence-corrected chi connectivity index (χ0v) is 12.5. The minimum Gasteiger partial charge on any atom is -0.348 e. The molecule has 0 aliphatic rings. The van der Waals surface area contributed by atoms with Crippen LogP contribution >= 0.6 is 0 Å². The highest BCUT2D eigenvalue weighted by atomic mass is 16.1. The summed E-state index contributed by atoms with van der Waals surface area (Å²) in [4.78, 5) is 18.8. The topological polar surface area (TPSA) is 64.2 Å². The second-order valence-electron chi connectivity index (χ2n) is 5.01. The first-order valence-corrected chi connectivity index (χ1v) is 7.10. The van der Waals surface area contributed by atoms with E-state index in [9.17, 15) is 4.79 Å². The molecule has 1 rings (SSSR count). The van der Waals surface area contributed by atoms with Crippen molar-refractivity contribution in [3.8, 4) is 0 Å². The van der Waals surface area contributed by atoms with Gasteiger partial charge in [-0.1, -0.05) is 13.8 Å². The third-order valence-electron chi connectivity index (χ3n) is 3.43. The van der Waals surface area contributed by atoms with Gasteiger partial charge in [0.2, 0.25) is 0 Å². The molecule has 1 aromatic heterocycles. The van der Waals surface area contributed by atoms with Gasteiger partial charge in [0, 0.05) is 37.6 Å². The molecule has 1 aromatic rings. The van der Waals surface area contributed by atoms with E-state index in [2.05, 4.69) is 23.7 Å². The van der Waals surface area contributed by atoms with Crippen molar-refractivity contribution in [1.82, 2.24) is 9.55 Å². The monoisotopic (exact) mass is 266 g/mol. The summed E-state index contributed by atoms with van der Waals surface area (Å²) < 4.78 is 1.72. The molecule has 5 heteroatoms. The van der Waals surface area contributed by atoms with Crippen molar-refractivity contribution in [3.05, 3.63) is 22.7 Å². The standard InChI is InChI=1S/C14H26N4O/c1-5-12(6-2)18(9-7-15)13-14(19)17(11(3)4)10-8-16-13/h8,10-12H,5-7,9,15H2,1-4H3. The van der Waals surface area contributed by atoms with Crippen LogP contribution in [0.2, 0.25) is 0 Å². The summed E-state index contributed by atoms with van der Waals surface area (Å²) in [6.07, 6.45) is 5.40. The van der Waals surface area contributed by atoms with Gasteiger partial charge in [0.05, 0.1) is 0 Å². The fraction of sp³-hybridized carbons (Fsp3) is 0.714. The van der Waals surface area contributed by atoms with Gasteiger partial charge in [-0.25, -0.2) is 4.98 Å². The second kappa shape index (κ2) is 7.28. The molecule has 0 bridgehead atoms. The molecule has 0 fully saturated rings. The lowest BCUT2D eigenvalue weighted by Crippen LogP contribution is -2.43. The number of nitrogens with two attached hydrogens (primary N) is 1. The Balaban J connectivity index is 3.23. The molecular weight excluding hydrogens is 240 g/mol. The van der Waals surface area contributed by atoms with Crippen LogP contribution in [0.1, 0.15) is 46.6 Å². The molecule has 0 saturated heterocycles. The van der Waals surface area contributed by atoms with Gasteiger partial charge in [0.15, 0.2) is 5.82 Å². The van der Waals surface area contributed by atoms with Gasteiger partial charge in [0.1, 0.15) is 0 Å². The highest BCUT2D eigenvalue weighted by molar-refractivity contribution is 5.37. The van der Waals surface area contributed by atoms with Crippen molar-refractivity contribution in [2.24, 2.45) is 5.73 Å². The van der Waals surface area contributed by atoms with E-state index in [1.165, 1.54) is 0 Å². The highest BCUT2D eigenvalue weighted by Crippen LogP contribution is 2.14. The molecule has 19 heavy (non-hydrogen) atoms. The largest absolute Gasteiger partial charge is 0.348 e. The van der Waals surface area contributed by atoms with Gasteiger partial charge in [-0.3, -0.25) is 4.79 Å². The Morgan fingerprint density at radius 3 is 2.47 bits per heavy atom. The van der Waals surface area contributed by atoms with E-state index in [0.29, 0.717) is 24.9 Å². The van der Waals surface area contributed by atoms with Crippen LogP contribution in [0.3, 0.4) is 0 Å². The second-order valence-corrected chi connectivity index (χ2v) is 5.01. The quantitative estimate of drug-likeness (QED) is 0.817. The first-order chi connectivity index (χ1) is 9.06. The lowest BCUT2D eigenvalue weighted by molar-refractivity contribution is 0.534. The Morgan fingerprint density at radius 2 is 2.00 bits per heavy atom. The number of hydrogen-bond donors (Lipinski definition) is 1. The van der Waals surface area contributed by atoms with Gasteiger partial charge >= 0.3 is 0 Å². The SMILES string of the molecule is CCC(CC)N(CCN)c1nccn(C(C)C)c1=O. The van der Waals surface area contributed by atoms with E-state index in [1.54, 1.807) is 17.0 Å². The summed E-state index contributed by atoms with van der Waals surface area (Å²) in [6.45, 7) is 9.43. The van der Waals surface area contributed by atoms with Crippen molar-refractivity contribution in [1.29, 1.82) is 0 Å². The molecule has 2 N–H and O–H groups in total. The van der Waals surface area contributed by atoms with E-state index in [-0.39, 0.29) is 11.6 Å². The molecule has 0 aliphatic carbocycles. The molecule has 0 saturated carbocycles. The summed E-state index contributed by atoms with van der Waals surface area (Å²) in [5, 5.41) is 0. The Kier molecular flexibility index (Phi) is 6.02. The number of nitrogens with zero attached hydrogens (tertiary/aromatic N) is 3. The van der Waals surface area contributed by atoms with Crippen LogP contribution in [-0.4, -0.2) is 28.7 Å². The summed E-state index contributed by atoms with van der Waals surface area (Å²) in [5.74, 6) is 0.523. The van der Waals surface area contributed by atoms with E-state index in [4.69, 9.17) is 5.73 Å². The van der Waals surface area contributed by atoms with Crippen molar-refractivity contribution in [2.45, 2.75) is 52.6 Å². The van der Waals surface area contributed by atoms with Crippen molar-refractivity contribution < 1.29 is 0 Å². The van der Waals surface area contributed by atoms with Crippen molar-refractivity contribution >= 4 is 5.82 Å². The van der Waals surface area contributed by atoms with Crippen LogP contribution in [-0.2, 0) is 0 Å². The summed E-state index contributed by atoms with van der Waals surface area (Å²) in [5.41, 5.74) is 5.65. The lowest BCUT2D eigenvalue weighted by atomic mass is 10.1. The van der Waals surface area contributed by atoms with Crippen molar-refractivity contribution in [3.63, 3.8) is 0 Å². The molecule has 0 aliphatic heterocycles. The Labute approximate surface area is 115 Å².